The largest absolute Gasteiger partial charge is 0.496 e. The summed E-state index contributed by atoms with van der Waals surface area (Å²) in [5, 5.41) is 0.616. The van der Waals surface area contributed by atoms with Crippen LogP contribution in [0, 0.1) is 0 Å². The number of thiazole rings is 1. The van der Waals surface area contributed by atoms with E-state index >= 15 is 0 Å². The molecule has 0 aliphatic carbocycles. The molecule has 1 aliphatic rings. The summed E-state index contributed by atoms with van der Waals surface area (Å²) in [6.45, 7) is 1.76. The van der Waals surface area contributed by atoms with E-state index < -0.39 is 9.84 Å². The SMILES string of the molecule is COc1ccccc1-c1ncc(CN2CCc3nc(S(C)(=O)=O)[nH]c(=O)c3C2)s1. The lowest BCUT2D eigenvalue weighted by Crippen LogP contribution is -2.36. The highest BCUT2D eigenvalue weighted by molar-refractivity contribution is 7.90. The maximum atomic E-state index is 12.4. The number of hydrogen-bond acceptors (Lipinski definition) is 8. The fraction of sp³-hybridized carbons (Fsp3) is 0.316. The van der Waals surface area contributed by atoms with Crippen LogP contribution in [0.25, 0.3) is 10.6 Å². The van der Waals surface area contributed by atoms with E-state index in [1.165, 1.54) is 0 Å². The summed E-state index contributed by atoms with van der Waals surface area (Å²) in [6.07, 6.45) is 3.41. The smallest absolute Gasteiger partial charge is 0.256 e. The van der Waals surface area contributed by atoms with E-state index in [0.717, 1.165) is 27.5 Å². The average Bonchev–Trinajstić information content (AvgIpc) is 3.16. The molecule has 0 unspecified atom stereocenters. The van der Waals surface area contributed by atoms with Crippen LogP contribution in [-0.4, -0.2) is 48.2 Å². The van der Waals surface area contributed by atoms with Gasteiger partial charge in [0.2, 0.25) is 15.0 Å². The van der Waals surface area contributed by atoms with Gasteiger partial charge >= 0.3 is 0 Å². The monoisotopic (exact) mass is 432 g/mol. The van der Waals surface area contributed by atoms with Gasteiger partial charge in [0.05, 0.1) is 23.9 Å². The third-order valence-electron chi connectivity index (χ3n) is 4.75. The fourth-order valence-electron chi connectivity index (χ4n) is 3.32. The Morgan fingerprint density at radius 3 is 2.86 bits per heavy atom. The Bertz CT molecular complexity index is 1220. The first-order valence-electron chi connectivity index (χ1n) is 8.97. The van der Waals surface area contributed by atoms with Crippen molar-refractivity contribution >= 4 is 21.2 Å². The number of rotatable bonds is 5. The van der Waals surface area contributed by atoms with Crippen LogP contribution in [0.2, 0.25) is 0 Å². The van der Waals surface area contributed by atoms with Gasteiger partial charge in [0.15, 0.2) is 0 Å². The molecule has 0 fully saturated rings. The number of aromatic nitrogens is 3. The molecule has 3 aromatic rings. The average molecular weight is 433 g/mol. The van der Waals surface area contributed by atoms with Gasteiger partial charge in [-0.1, -0.05) is 12.1 Å². The highest BCUT2D eigenvalue weighted by Gasteiger charge is 2.24. The van der Waals surface area contributed by atoms with Gasteiger partial charge in [-0.05, 0) is 12.1 Å². The molecule has 3 heterocycles. The molecule has 0 bridgehead atoms. The summed E-state index contributed by atoms with van der Waals surface area (Å²) in [7, 11) is -1.91. The van der Waals surface area contributed by atoms with E-state index in [9.17, 15) is 13.2 Å². The third-order valence-corrected chi connectivity index (χ3v) is 6.66. The molecule has 10 heteroatoms. The predicted molar refractivity (Wildman–Crippen MR) is 110 cm³/mol. The molecule has 1 N–H and O–H groups in total. The molecule has 4 rings (SSSR count). The number of para-hydroxylation sites is 1. The Kier molecular flexibility index (Phi) is 5.24. The van der Waals surface area contributed by atoms with Crippen molar-refractivity contribution in [2.75, 3.05) is 19.9 Å². The predicted octanol–water partition coefficient (Wildman–Crippen LogP) is 1.86. The summed E-state index contributed by atoms with van der Waals surface area (Å²) in [5.41, 5.74) is 1.64. The molecule has 1 aromatic carbocycles. The fourth-order valence-corrected chi connectivity index (χ4v) is 4.85. The number of fused-ring (bicyclic) bond motifs is 1. The van der Waals surface area contributed by atoms with E-state index in [1.54, 1.807) is 18.4 Å². The molecule has 0 saturated carbocycles. The first-order chi connectivity index (χ1) is 13.8. The van der Waals surface area contributed by atoms with Gasteiger partial charge < -0.3 is 4.74 Å². The molecule has 0 radical (unpaired) electrons. The second-order valence-electron chi connectivity index (χ2n) is 6.86. The molecule has 0 saturated heterocycles. The van der Waals surface area contributed by atoms with Crippen molar-refractivity contribution in [2.24, 2.45) is 0 Å². The molecule has 0 atom stereocenters. The van der Waals surface area contributed by atoms with Gasteiger partial charge in [-0.25, -0.2) is 18.4 Å². The molecular weight excluding hydrogens is 412 g/mol. The van der Waals surface area contributed by atoms with Crippen LogP contribution in [0.4, 0.5) is 0 Å². The number of hydrogen-bond donors (Lipinski definition) is 1. The number of aromatic amines is 1. The minimum atomic E-state index is -3.55. The topological polar surface area (TPSA) is 105 Å². The van der Waals surface area contributed by atoms with Gasteiger partial charge in [-0.3, -0.25) is 14.7 Å². The number of ether oxygens (including phenoxy) is 1. The first-order valence-corrected chi connectivity index (χ1v) is 11.7. The molecule has 152 valence electrons. The lowest BCUT2D eigenvalue weighted by molar-refractivity contribution is 0.243. The minimum absolute atomic E-state index is 0.265. The molecular formula is C19H20N4O4S2. The van der Waals surface area contributed by atoms with Crippen LogP contribution >= 0.6 is 11.3 Å². The minimum Gasteiger partial charge on any atom is -0.496 e. The third kappa shape index (κ3) is 4.09. The molecule has 29 heavy (non-hydrogen) atoms. The number of sulfone groups is 1. The lowest BCUT2D eigenvalue weighted by atomic mass is 10.1. The Morgan fingerprint density at radius 1 is 1.31 bits per heavy atom. The van der Waals surface area contributed by atoms with E-state index in [-0.39, 0.29) is 10.7 Å². The molecule has 8 nitrogen and oxygen atoms in total. The van der Waals surface area contributed by atoms with Crippen LogP contribution in [0.3, 0.4) is 0 Å². The number of nitrogens with zero attached hydrogens (tertiary/aromatic N) is 3. The number of nitrogens with one attached hydrogen (secondary N) is 1. The molecule has 0 amide bonds. The number of methoxy groups -OCH3 is 1. The Labute approximate surface area is 172 Å². The standard InChI is InChI=1S/C19H20N4O4S2/c1-27-16-6-4-3-5-13(16)18-20-9-12(28-18)10-23-8-7-15-14(11-23)17(24)22-19(21-15)29(2,25)26/h3-6,9H,7-8,10-11H2,1-2H3,(H,21,22,24). The van der Waals surface area contributed by atoms with Crippen molar-refractivity contribution in [3.8, 4) is 16.3 Å². The summed E-state index contributed by atoms with van der Waals surface area (Å²) >= 11 is 1.59. The first kappa shape index (κ1) is 19.7. The van der Waals surface area contributed by atoms with E-state index in [1.807, 2.05) is 30.5 Å². The van der Waals surface area contributed by atoms with Crippen LogP contribution in [0.5, 0.6) is 5.75 Å². The molecule has 0 spiro atoms. The summed E-state index contributed by atoms with van der Waals surface area (Å²) in [4.78, 5) is 26.7. The normalized spacial score (nSPS) is 14.6. The van der Waals surface area contributed by atoms with Crippen LogP contribution in [-0.2, 0) is 29.3 Å². The van der Waals surface area contributed by atoms with Crippen molar-refractivity contribution in [2.45, 2.75) is 24.7 Å². The quantitative estimate of drug-likeness (QED) is 0.614. The molecule has 2 aromatic heterocycles. The van der Waals surface area contributed by atoms with Crippen LogP contribution in [0.15, 0.2) is 40.4 Å². The maximum Gasteiger partial charge on any atom is 0.256 e. The maximum absolute atomic E-state index is 12.4. The number of benzene rings is 1. The zero-order chi connectivity index (χ0) is 20.6. The van der Waals surface area contributed by atoms with Crippen molar-refractivity contribution < 1.29 is 13.2 Å². The lowest BCUT2D eigenvalue weighted by Gasteiger charge is -2.26. The zero-order valence-electron chi connectivity index (χ0n) is 16.0. The summed E-state index contributed by atoms with van der Waals surface area (Å²) < 4.78 is 28.8. The van der Waals surface area contributed by atoms with Gasteiger partial charge in [0.25, 0.3) is 5.56 Å². The molecule has 1 aliphatic heterocycles. The van der Waals surface area contributed by atoms with Crippen molar-refractivity contribution in [1.82, 2.24) is 19.9 Å². The van der Waals surface area contributed by atoms with Crippen LogP contribution in [0.1, 0.15) is 16.1 Å². The summed E-state index contributed by atoms with van der Waals surface area (Å²) in [6, 6.07) is 7.75. The van der Waals surface area contributed by atoms with Crippen molar-refractivity contribution in [3.05, 3.63) is 57.0 Å². The van der Waals surface area contributed by atoms with Gasteiger partial charge in [0, 0.05) is 43.4 Å². The second-order valence-corrected chi connectivity index (χ2v) is 9.91. The Hall–Kier alpha value is -2.56. The van der Waals surface area contributed by atoms with Crippen molar-refractivity contribution in [1.29, 1.82) is 0 Å². The zero-order valence-corrected chi connectivity index (χ0v) is 17.6. The highest BCUT2D eigenvalue weighted by Crippen LogP contribution is 2.33. The van der Waals surface area contributed by atoms with Crippen molar-refractivity contribution in [3.63, 3.8) is 0 Å². The van der Waals surface area contributed by atoms with Gasteiger partial charge in [-0.15, -0.1) is 11.3 Å². The highest BCUT2D eigenvalue weighted by atomic mass is 32.2. The van der Waals surface area contributed by atoms with Crippen LogP contribution < -0.4 is 10.3 Å². The Morgan fingerprint density at radius 2 is 2.10 bits per heavy atom. The van der Waals surface area contributed by atoms with E-state index in [2.05, 4.69) is 19.9 Å². The second kappa shape index (κ2) is 7.69. The van der Waals surface area contributed by atoms with Gasteiger partial charge in [-0.2, -0.15) is 0 Å². The number of H-pyrrole nitrogens is 1. The van der Waals surface area contributed by atoms with Gasteiger partial charge in [0.1, 0.15) is 10.8 Å². The summed E-state index contributed by atoms with van der Waals surface area (Å²) in [5.74, 6) is 0.777. The Balaban J connectivity index is 1.53. The van der Waals surface area contributed by atoms with E-state index in [4.69, 9.17) is 4.74 Å². The van der Waals surface area contributed by atoms with E-state index in [0.29, 0.717) is 37.3 Å².